The molecule has 0 bridgehead atoms. The van der Waals surface area contributed by atoms with E-state index < -0.39 is 17.8 Å². The van der Waals surface area contributed by atoms with E-state index in [1.807, 2.05) is 32.0 Å². The number of fused-ring (bicyclic) bond motifs is 1. The third kappa shape index (κ3) is 4.18. The molecule has 0 saturated carbocycles. The van der Waals surface area contributed by atoms with Crippen LogP contribution in [0.5, 0.6) is 0 Å². The third-order valence-electron chi connectivity index (χ3n) is 6.75. The lowest BCUT2D eigenvalue weighted by Crippen LogP contribution is -2.54. The molecule has 4 aromatic rings. The summed E-state index contributed by atoms with van der Waals surface area (Å²) in [4.78, 5) is 41.2. The number of benzene rings is 3. The van der Waals surface area contributed by atoms with Crippen molar-refractivity contribution >= 4 is 57.6 Å². The maximum atomic E-state index is 13.6. The monoisotopic (exact) mass is 523 g/mol. The SMILES string of the molecule is COC(=O)c1ccc(N2C(=O)C(=Cc3cc(C)n(-c4ccc5ccccc5c4)c3C)C(=O)N(C)C2=S)cc1. The lowest BCUT2D eigenvalue weighted by Gasteiger charge is -2.34. The van der Waals surface area contributed by atoms with E-state index in [2.05, 4.69) is 34.9 Å². The van der Waals surface area contributed by atoms with Crippen LogP contribution in [0, 0.1) is 13.8 Å². The number of carbonyl (C=O) groups is 3. The molecule has 7 nitrogen and oxygen atoms in total. The smallest absolute Gasteiger partial charge is 0.337 e. The van der Waals surface area contributed by atoms with Crippen LogP contribution in [0.25, 0.3) is 22.5 Å². The number of aryl methyl sites for hydroxylation is 1. The number of hydrogen-bond donors (Lipinski definition) is 0. The zero-order chi connectivity index (χ0) is 27.1. The van der Waals surface area contributed by atoms with Crippen LogP contribution in [-0.2, 0) is 14.3 Å². The van der Waals surface area contributed by atoms with Crippen LogP contribution in [0.2, 0.25) is 0 Å². The van der Waals surface area contributed by atoms with Crippen LogP contribution in [0.15, 0.2) is 78.4 Å². The highest BCUT2D eigenvalue weighted by molar-refractivity contribution is 7.80. The van der Waals surface area contributed by atoms with Gasteiger partial charge < -0.3 is 9.30 Å². The quantitative estimate of drug-likeness (QED) is 0.159. The Labute approximate surface area is 225 Å². The van der Waals surface area contributed by atoms with Gasteiger partial charge in [0, 0.05) is 24.1 Å². The van der Waals surface area contributed by atoms with E-state index in [9.17, 15) is 14.4 Å². The Balaban J connectivity index is 1.55. The standard InChI is InChI=1S/C30H25N3O4S/c1-18-15-23(19(2)32(18)25-14-9-20-7-5-6-8-22(20)16-25)17-26-27(34)31(3)30(38)33(28(26)35)24-12-10-21(11-13-24)29(36)37-4/h5-17H,1-4H3. The molecule has 1 fully saturated rings. The van der Waals surface area contributed by atoms with Crippen LogP contribution < -0.4 is 4.90 Å². The number of aromatic nitrogens is 1. The van der Waals surface area contributed by atoms with Crippen molar-refractivity contribution in [3.8, 4) is 5.69 Å². The minimum absolute atomic E-state index is 0.00286. The Hall–Kier alpha value is -4.56. The first-order valence-electron chi connectivity index (χ1n) is 12.0. The van der Waals surface area contributed by atoms with Crippen molar-refractivity contribution in [3.63, 3.8) is 0 Å². The van der Waals surface area contributed by atoms with Crippen LogP contribution in [0.3, 0.4) is 0 Å². The molecule has 0 unspecified atom stereocenters. The predicted octanol–water partition coefficient (Wildman–Crippen LogP) is 5.21. The summed E-state index contributed by atoms with van der Waals surface area (Å²) in [5.41, 5.74) is 4.41. The summed E-state index contributed by atoms with van der Waals surface area (Å²) in [5, 5.41) is 2.34. The van der Waals surface area contributed by atoms with Gasteiger partial charge in [-0.2, -0.15) is 0 Å². The average molecular weight is 524 g/mol. The number of thiocarbonyl (C=S) groups is 1. The Morgan fingerprint density at radius 2 is 1.53 bits per heavy atom. The van der Waals surface area contributed by atoms with E-state index >= 15 is 0 Å². The van der Waals surface area contributed by atoms with E-state index in [4.69, 9.17) is 17.0 Å². The van der Waals surface area contributed by atoms with E-state index in [1.54, 1.807) is 37.4 Å². The number of rotatable bonds is 4. The summed E-state index contributed by atoms with van der Waals surface area (Å²) in [7, 11) is 2.84. The molecule has 0 atom stereocenters. The maximum absolute atomic E-state index is 13.6. The molecule has 190 valence electrons. The summed E-state index contributed by atoms with van der Waals surface area (Å²) >= 11 is 5.45. The molecule has 8 heteroatoms. The van der Waals surface area contributed by atoms with E-state index in [0.717, 1.165) is 33.4 Å². The molecule has 1 aliphatic rings. The number of amides is 2. The molecule has 2 amide bonds. The number of anilines is 1. The lowest BCUT2D eigenvalue weighted by atomic mass is 10.1. The van der Waals surface area contributed by atoms with Crippen LogP contribution in [-0.4, -0.2) is 46.5 Å². The fourth-order valence-corrected chi connectivity index (χ4v) is 5.01. The molecule has 1 aromatic heterocycles. The van der Waals surface area contributed by atoms with Crippen molar-refractivity contribution in [1.29, 1.82) is 0 Å². The highest BCUT2D eigenvalue weighted by atomic mass is 32.1. The summed E-state index contributed by atoms with van der Waals surface area (Å²) < 4.78 is 6.85. The fraction of sp³-hybridized carbons (Fsp3) is 0.133. The number of esters is 1. The zero-order valence-corrected chi connectivity index (χ0v) is 22.2. The highest BCUT2D eigenvalue weighted by Gasteiger charge is 2.38. The van der Waals surface area contributed by atoms with Crippen LogP contribution in [0.1, 0.15) is 27.3 Å². The normalized spacial score (nSPS) is 15.1. The summed E-state index contributed by atoms with van der Waals surface area (Å²) in [6.07, 6.45) is 1.62. The van der Waals surface area contributed by atoms with Crippen molar-refractivity contribution < 1.29 is 19.1 Å². The van der Waals surface area contributed by atoms with Crippen molar-refractivity contribution in [2.75, 3.05) is 19.1 Å². The van der Waals surface area contributed by atoms with Gasteiger partial charge in [0.1, 0.15) is 5.57 Å². The Morgan fingerprint density at radius 1 is 0.868 bits per heavy atom. The molecule has 0 radical (unpaired) electrons. The third-order valence-corrected chi connectivity index (χ3v) is 7.21. The lowest BCUT2D eigenvalue weighted by molar-refractivity contribution is -0.127. The number of methoxy groups -OCH3 is 1. The van der Waals surface area contributed by atoms with Gasteiger partial charge in [-0.3, -0.25) is 19.4 Å². The second-order valence-corrected chi connectivity index (χ2v) is 9.44. The van der Waals surface area contributed by atoms with Crippen molar-refractivity contribution in [2.24, 2.45) is 0 Å². The van der Waals surface area contributed by atoms with Gasteiger partial charge in [-0.15, -0.1) is 0 Å². The predicted molar refractivity (Wildman–Crippen MR) is 151 cm³/mol. The van der Waals surface area contributed by atoms with Gasteiger partial charge in [0.2, 0.25) is 0 Å². The number of carbonyl (C=O) groups excluding carboxylic acids is 3. The first-order valence-corrected chi connectivity index (χ1v) is 12.4. The molecule has 0 N–H and O–H groups in total. The largest absolute Gasteiger partial charge is 0.465 e. The van der Waals surface area contributed by atoms with Gasteiger partial charge in [0.25, 0.3) is 11.8 Å². The first kappa shape index (κ1) is 25.1. The number of likely N-dealkylation sites (N-methyl/N-ethyl adjacent to an activating group) is 1. The molecule has 3 aromatic carbocycles. The van der Waals surface area contributed by atoms with Crippen LogP contribution in [0.4, 0.5) is 5.69 Å². The molecule has 1 aliphatic heterocycles. The van der Waals surface area contributed by atoms with Crippen molar-refractivity contribution in [3.05, 3.63) is 101 Å². The second kappa shape index (κ2) is 9.72. The van der Waals surface area contributed by atoms with E-state index in [0.29, 0.717) is 11.3 Å². The number of nitrogens with zero attached hydrogens (tertiary/aromatic N) is 3. The topological polar surface area (TPSA) is 71.8 Å². The Kier molecular flexibility index (Phi) is 6.42. The number of ether oxygens (including phenoxy) is 1. The molecular weight excluding hydrogens is 498 g/mol. The molecule has 5 rings (SSSR count). The molecule has 38 heavy (non-hydrogen) atoms. The Morgan fingerprint density at radius 3 is 2.21 bits per heavy atom. The van der Waals surface area contributed by atoms with Gasteiger partial charge in [-0.05, 0) is 90.9 Å². The van der Waals surface area contributed by atoms with Gasteiger partial charge >= 0.3 is 5.97 Å². The Bertz CT molecular complexity index is 1670. The minimum Gasteiger partial charge on any atom is -0.465 e. The summed E-state index contributed by atoms with van der Waals surface area (Å²) in [6, 6.07) is 22.7. The summed E-state index contributed by atoms with van der Waals surface area (Å²) in [6.45, 7) is 3.95. The highest BCUT2D eigenvalue weighted by Crippen LogP contribution is 2.29. The van der Waals surface area contributed by atoms with Gasteiger partial charge in [-0.25, -0.2) is 4.79 Å². The fourth-order valence-electron chi connectivity index (χ4n) is 4.73. The van der Waals surface area contributed by atoms with Crippen molar-refractivity contribution in [1.82, 2.24) is 9.47 Å². The van der Waals surface area contributed by atoms with Crippen LogP contribution >= 0.6 is 12.2 Å². The maximum Gasteiger partial charge on any atom is 0.337 e. The average Bonchev–Trinajstić information content (AvgIpc) is 3.21. The van der Waals surface area contributed by atoms with Gasteiger partial charge in [0.05, 0.1) is 18.4 Å². The van der Waals surface area contributed by atoms with Gasteiger partial charge in [-0.1, -0.05) is 30.3 Å². The molecule has 0 aliphatic carbocycles. The summed E-state index contributed by atoms with van der Waals surface area (Å²) in [5.74, 6) is -1.49. The molecule has 1 saturated heterocycles. The molecule has 2 heterocycles. The molecule has 0 spiro atoms. The van der Waals surface area contributed by atoms with Gasteiger partial charge in [0.15, 0.2) is 5.11 Å². The second-order valence-electron chi connectivity index (χ2n) is 9.08. The van der Waals surface area contributed by atoms with Crippen molar-refractivity contribution in [2.45, 2.75) is 13.8 Å². The zero-order valence-electron chi connectivity index (χ0n) is 21.4. The minimum atomic E-state index is -0.528. The first-order chi connectivity index (χ1) is 18.2. The number of hydrogen-bond acceptors (Lipinski definition) is 5. The van der Waals surface area contributed by atoms with E-state index in [-0.39, 0.29) is 10.7 Å². The molecular formula is C30H25N3O4S. The van der Waals surface area contributed by atoms with E-state index in [1.165, 1.54) is 16.9 Å².